The van der Waals surface area contributed by atoms with Gasteiger partial charge in [-0.3, -0.25) is 13.9 Å². The van der Waals surface area contributed by atoms with Crippen LogP contribution in [0.15, 0.2) is 36.2 Å². The highest BCUT2D eigenvalue weighted by atomic mass is 32.7. The summed E-state index contributed by atoms with van der Waals surface area (Å²) < 4.78 is 46.0. The van der Waals surface area contributed by atoms with Gasteiger partial charge in [0, 0.05) is 25.5 Å². The van der Waals surface area contributed by atoms with Gasteiger partial charge in [-0.25, -0.2) is 33.9 Å². The van der Waals surface area contributed by atoms with Crippen LogP contribution in [-0.4, -0.2) is 92.1 Å². The number of anilines is 1. The Morgan fingerprint density at radius 1 is 1.17 bits per heavy atom. The van der Waals surface area contributed by atoms with Crippen LogP contribution in [0, 0.1) is 11.8 Å². The van der Waals surface area contributed by atoms with E-state index < -0.39 is 50.2 Å². The van der Waals surface area contributed by atoms with Crippen LogP contribution in [0.4, 0.5) is 5.82 Å². The zero-order valence-corrected chi connectivity index (χ0v) is 28.2. The van der Waals surface area contributed by atoms with Gasteiger partial charge < -0.3 is 43.6 Å². The Bertz CT molecular complexity index is 2120. The summed E-state index contributed by atoms with van der Waals surface area (Å²) in [5.74, 6) is 0.616. The van der Waals surface area contributed by atoms with Gasteiger partial charge in [-0.2, -0.15) is 0 Å². The highest BCUT2D eigenvalue weighted by molar-refractivity contribution is 8.44. The van der Waals surface area contributed by atoms with Gasteiger partial charge in [-0.15, -0.1) is 0 Å². The van der Waals surface area contributed by atoms with E-state index in [2.05, 4.69) is 42.2 Å². The quantitative estimate of drug-likeness (QED) is 0.0958. The highest BCUT2D eigenvalue weighted by Gasteiger charge is 2.50. The number of thiol groups is 1. The minimum atomic E-state index is -4.12. The molecule has 1 saturated heterocycles. The summed E-state index contributed by atoms with van der Waals surface area (Å²) in [6.45, 7) is -6.10. The van der Waals surface area contributed by atoms with Crippen LogP contribution in [0.3, 0.4) is 0 Å². The summed E-state index contributed by atoms with van der Waals surface area (Å²) in [5, 5.41) is 11.4. The maximum Gasteiger partial charge on any atom is 0.386 e. The Morgan fingerprint density at radius 3 is 2.70 bits per heavy atom. The number of aliphatic hydroxyl groups excluding tert-OH is 1. The van der Waals surface area contributed by atoms with Crippen LogP contribution >= 0.6 is 25.8 Å². The SMILES string of the molecule is COP(O)(=S)OC[C@H]1O[C@@H](n2cnc3c(=O)n4ccnc4[nH]c32)[C@H](O)[C@@H]1OP(=O)(S)OC[C@H]1C[C@@H](n2cnc3c(N)ncnc32)[C@@H]1C. The van der Waals surface area contributed by atoms with Crippen molar-refractivity contribution >= 4 is 71.5 Å². The van der Waals surface area contributed by atoms with Crippen LogP contribution < -0.4 is 11.3 Å². The monoisotopic (exact) mass is 728 g/mol. The highest BCUT2D eigenvalue weighted by Crippen LogP contribution is 2.58. The van der Waals surface area contributed by atoms with Crippen LogP contribution in [0.25, 0.3) is 28.1 Å². The third kappa shape index (κ3) is 5.93. The van der Waals surface area contributed by atoms with Crippen LogP contribution in [0.5, 0.6) is 0 Å². The van der Waals surface area contributed by atoms with Crippen LogP contribution in [0.2, 0.25) is 0 Å². The van der Waals surface area contributed by atoms with E-state index in [1.165, 1.54) is 41.1 Å². The third-order valence-corrected chi connectivity index (χ3v) is 12.0. The number of nitrogens with two attached hydrogens (primary N) is 1. The summed E-state index contributed by atoms with van der Waals surface area (Å²) in [6, 6.07) is 0.0522. The van der Waals surface area contributed by atoms with Crippen molar-refractivity contribution in [2.24, 2.45) is 11.8 Å². The van der Waals surface area contributed by atoms with Gasteiger partial charge in [-0.05, 0) is 30.1 Å². The molecule has 2 aliphatic rings. The lowest BCUT2D eigenvalue weighted by molar-refractivity contribution is -0.0486. The second-order valence-corrected chi connectivity index (χ2v) is 17.1. The maximum absolute atomic E-state index is 13.6. The number of nitrogens with one attached hydrogen (secondary N) is 1. The number of fused-ring (bicyclic) bond motifs is 3. The van der Waals surface area contributed by atoms with Gasteiger partial charge in [0.15, 0.2) is 23.2 Å². The molecule has 5 aromatic rings. The molecule has 5 N–H and O–H groups in total. The molecule has 0 spiro atoms. The fourth-order valence-electron chi connectivity index (χ4n) is 5.98. The molecule has 9 atom stereocenters. The largest absolute Gasteiger partial charge is 0.386 e. The predicted octanol–water partition coefficient (Wildman–Crippen LogP) is 1.57. The first-order valence-corrected chi connectivity index (χ1v) is 19.5. The standard InChI is InChI=1S/C24H30N10O9P2S2/c1-11-12(5-13(11)33-9-29-15-19(25)27-8-28-20(15)33)6-40-45(38,47)43-18-14(7-41-44(37,46)39-2)42-23(17(18)35)34-10-30-16-21(34)31-24-26-3-4-32(24)22(16)36/h3-4,8-14,17-18,23,35H,5-7H2,1-2H3,(H,26,31)(H,37,46)(H,38,47)(H2,25,27,28)/t11-,12-,13-,14-,17-,18-,23-,44?,45?/m1/s1. The Hall–Kier alpha value is -2.81. The van der Waals surface area contributed by atoms with E-state index >= 15 is 0 Å². The molecule has 2 fully saturated rings. The van der Waals surface area contributed by atoms with Crippen molar-refractivity contribution in [3.05, 3.63) is 41.7 Å². The first kappa shape index (κ1) is 32.7. The van der Waals surface area contributed by atoms with Crippen molar-refractivity contribution in [3.8, 4) is 0 Å². The Morgan fingerprint density at radius 2 is 1.94 bits per heavy atom. The Balaban J connectivity index is 1.07. The van der Waals surface area contributed by atoms with Gasteiger partial charge in [0.1, 0.15) is 35.8 Å². The number of H-pyrrole nitrogens is 1. The number of hydrogen-bond acceptors (Lipinski definition) is 15. The molecule has 1 aliphatic carbocycles. The predicted molar refractivity (Wildman–Crippen MR) is 172 cm³/mol. The van der Waals surface area contributed by atoms with Crippen molar-refractivity contribution in [1.29, 1.82) is 0 Å². The fraction of sp³-hybridized carbons (Fsp3) is 0.500. The maximum atomic E-state index is 13.6. The molecule has 19 nitrogen and oxygen atoms in total. The van der Waals surface area contributed by atoms with E-state index in [0.29, 0.717) is 23.4 Å². The molecule has 47 heavy (non-hydrogen) atoms. The van der Waals surface area contributed by atoms with E-state index in [-0.39, 0.29) is 41.4 Å². The first-order valence-electron chi connectivity index (χ1n) is 14.2. The topological polar surface area (TPSA) is 241 Å². The normalized spacial score (nSPS) is 28.9. The van der Waals surface area contributed by atoms with Gasteiger partial charge in [0.05, 0.1) is 25.9 Å². The lowest BCUT2D eigenvalue weighted by atomic mass is 9.70. The number of imidazole rings is 3. The number of nitrogen functional groups attached to an aromatic ring is 1. The first-order chi connectivity index (χ1) is 22.4. The molecule has 0 radical (unpaired) electrons. The third-order valence-electron chi connectivity index (χ3n) is 8.65. The molecule has 0 aromatic carbocycles. The fourth-order valence-corrected chi connectivity index (χ4v) is 8.14. The summed E-state index contributed by atoms with van der Waals surface area (Å²) in [5.41, 5.74) is 6.90. The molecular formula is C24H30N10O9P2S2. The molecule has 1 aliphatic heterocycles. The average Bonchev–Trinajstić information content (AvgIpc) is 3.83. The number of aliphatic hydroxyl groups is 1. The summed E-state index contributed by atoms with van der Waals surface area (Å²) in [7, 11) is 1.19. The van der Waals surface area contributed by atoms with E-state index in [9.17, 15) is 19.4 Å². The van der Waals surface area contributed by atoms with Gasteiger partial charge in [0.2, 0.25) is 5.78 Å². The number of aromatic amines is 1. The number of hydrogen-bond donors (Lipinski definition) is 5. The lowest BCUT2D eigenvalue weighted by Crippen LogP contribution is -2.39. The van der Waals surface area contributed by atoms with E-state index in [1.807, 2.05) is 11.5 Å². The van der Waals surface area contributed by atoms with Crippen molar-refractivity contribution in [3.63, 3.8) is 0 Å². The molecule has 0 amide bonds. The van der Waals surface area contributed by atoms with Gasteiger partial charge in [0.25, 0.3) is 5.56 Å². The summed E-state index contributed by atoms with van der Waals surface area (Å²) in [4.78, 5) is 47.0. The van der Waals surface area contributed by atoms with Crippen molar-refractivity contribution in [2.45, 2.75) is 43.9 Å². The van der Waals surface area contributed by atoms with E-state index in [1.54, 1.807) is 6.33 Å². The van der Waals surface area contributed by atoms with E-state index in [0.717, 1.165) is 0 Å². The second kappa shape index (κ2) is 12.3. The van der Waals surface area contributed by atoms with Crippen molar-refractivity contribution in [2.75, 3.05) is 26.1 Å². The molecule has 1 saturated carbocycles. The van der Waals surface area contributed by atoms with Crippen molar-refractivity contribution < 1.29 is 37.4 Å². The van der Waals surface area contributed by atoms with Gasteiger partial charge >= 0.3 is 13.5 Å². The number of aromatic nitrogens is 9. The average molecular weight is 729 g/mol. The molecule has 252 valence electrons. The number of rotatable bonds is 11. The Labute approximate surface area is 275 Å². The Kier molecular flexibility index (Phi) is 8.54. The van der Waals surface area contributed by atoms with Crippen molar-refractivity contribution in [1.82, 2.24) is 43.4 Å². The lowest BCUT2D eigenvalue weighted by Gasteiger charge is -2.43. The molecule has 2 unspecified atom stereocenters. The molecule has 0 bridgehead atoms. The minimum absolute atomic E-state index is 0.00676. The van der Waals surface area contributed by atoms with Crippen LogP contribution in [-0.2, 0) is 39.2 Å². The molecule has 5 aromatic heterocycles. The van der Waals surface area contributed by atoms with Crippen LogP contribution in [0.1, 0.15) is 25.6 Å². The smallest absolute Gasteiger partial charge is 0.386 e. The zero-order chi connectivity index (χ0) is 33.2. The molecule has 6 heterocycles. The molecule has 7 rings (SSSR count). The minimum Gasteiger partial charge on any atom is -0.386 e. The number of ether oxygens (including phenoxy) is 1. The molecule has 23 heteroatoms. The zero-order valence-electron chi connectivity index (χ0n) is 24.7. The van der Waals surface area contributed by atoms with Gasteiger partial charge in [-0.1, -0.05) is 19.2 Å². The second-order valence-electron chi connectivity index (χ2n) is 11.2. The van der Waals surface area contributed by atoms with E-state index in [4.69, 9.17) is 40.4 Å². The number of nitrogens with zero attached hydrogens (tertiary/aromatic N) is 8. The molecular weight excluding hydrogens is 698 g/mol. The summed E-state index contributed by atoms with van der Waals surface area (Å²) >= 11 is 9.14. The summed E-state index contributed by atoms with van der Waals surface area (Å²) in [6.07, 6.45) is 2.77.